The average molecular weight is 385 g/mol. The van der Waals surface area contributed by atoms with Gasteiger partial charge in [0.15, 0.2) is 22.4 Å². The number of hydrogen-bond acceptors (Lipinski definition) is 4. The Morgan fingerprint density at radius 3 is 2.24 bits per heavy atom. The van der Waals surface area contributed by atoms with Crippen LogP contribution in [0.25, 0.3) is 0 Å². The Labute approximate surface area is 156 Å². The fourth-order valence-corrected chi connectivity index (χ4v) is 5.88. The normalized spacial score (nSPS) is 24.6. The highest BCUT2D eigenvalue weighted by molar-refractivity contribution is 6.74. The maximum atomic E-state index is 11.3. The van der Waals surface area contributed by atoms with Crippen LogP contribution in [0.15, 0.2) is 0 Å². The number of rotatable bonds is 5. The highest BCUT2D eigenvalue weighted by Gasteiger charge is 2.52. The minimum absolute atomic E-state index is 0.119. The van der Waals surface area contributed by atoms with Crippen molar-refractivity contribution in [2.75, 3.05) is 7.11 Å². The van der Waals surface area contributed by atoms with Crippen molar-refractivity contribution in [1.29, 1.82) is 0 Å². The molecule has 0 saturated heterocycles. The average Bonchev–Trinajstić information content (AvgIpc) is 2.76. The topological polar surface area (TPSA) is 44.8 Å². The monoisotopic (exact) mass is 384 g/mol. The van der Waals surface area contributed by atoms with Crippen LogP contribution in [0.2, 0.25) is 37.8 Å². The number of methoxy groups -OCH3 is 1. The van der Waals surface area contributed by atoms with Gasteiger partial charge in [0.25, 0.3) is 0 Å². The van der Waals surface area contributed by atoms with Crippen molar-refractivity contribution < 1.29 is 18.4 Å². The Hall–Kier alpha value is -0.616. The molecule has 6 heteroatoms. The van der Waals surface area contributed by atoms with Gasteiger partial charge in [0.2, 0.25) is 0 Å². The van der Waals surface area contributed by atoms with Crippen molar-refractivity contribution in [1.82, 2.24) is 0 Å². The molecular formula is C19H36O4Si2. The van der Waals surface area contributed by atoms with Crippen molar-refractivity contribution in [3.63, 3.8) is 0 Å². The minimum Gasteiger partial charge on any atom is -0.459 e. The molecule has 4 nitrogen and oxygen atoms in total. The predicted molar refractivity (Wildman–Crippen MR) is 107 cm³/mol. The molecule has 0 heterocycles. The van der Waals surface area contributed by atoms with Gasteiger partial charge in [0, 0.05) is 18.3 Å². The van der Waals surface area contributed by atoms with Crippen LogP contribution in [0.4, 0.5) is 0 Å². The fraction of sp³-hybridized carbons (Fsp3) is 0.842. The largest absolute Gasteiger partial charge is 0.459 e. The second-order valence-electron chi connectivity index (χ2n) is 9.48. The molecule has 0 N–H and O–H groups in total. The van der Waals surface area contributed by atoms with E-state index >= 15 is 0 Å². The van der Waals surface area contributed by atoms with Gasteiger partial charge in [-0.3, -0.25) is 0 Å². The standard InChI is InChI=1S/C19H36O4Si2/c1-18(2,3)25(8,9)23-19(22-24(5,6)7)15-11-13-16(19)12-10-14-17(20)21-4/h16H,11-13,15H2,1-9H3/t16-,19+/m1/s1. The van der Waals surface area contributed by atoms with Gasteiger partial charge in [0.1, 0.15) is 0 Å². The molecule has 0 bridgehead atoms. The van der Waals surface area contributed by atoms with Crippen LogP contribution < -0.4 is 0 Å². The quantitative estimate of drug-likeness (QED) is 0.222. The molecule has 0 radical (unpaired) electrons. The summed E-state index contributed by atoms with van der Waals surface area (Å²) in [4.78, 5) is 11.3. The van der Waals surface area contributed by atoms with Crippen LogP contribution in [0, 0.1) is 17.8 Å². The Balaban J connectivity index is 3.12. The molecule has 0 aliphatic heterocycles. The van der Waals surface area contributed by atoms with Gasteiger partial charge in [-0.05, 0) is 57.0 Å². The SMILES string of the molecule is COC(=O)C#CC[C@@H]1CCC[C@]1(O[Si](C)(C)C)O[Si](C)(C)C(C)(C)C. The van der Waals surface area contributed by atoms with E-state index in [0.29, 0.717) is 6.42 Å². The first-order valence-electron chi connectivity index (χ1n) is 9.20. The smallest absolute Gasteiger partial charge is 0.384 e. The van der Waals surface area contributed by atoms with Gasteiger partial charge in [0.05, 0.1) is 7.11 Å². The summed E-state index contributed by atoms with van der Waals surface area (Å²) in [5.41, 5.74) is 0. The van der Waals surface area contributed by atoms with Crippen LogP contribution >= 0.6 is 0 Å². The zero-order valence-electron chi connectivity index (χ0n) is 17.5. The molecule has 1 fully saturated rings. The van der Waals surface area contributed by atoms with Crippen LogP contribution in [0.1, 0.15) is 46.5 Å². The number of hydrogen-bond donors (Lipinski definition) is 0. The molecule has 0 spiro atoms. The molecule has 0 aromatic heterocycles. The van der Waals surface area contributed by atoms with E-state index in [9.17, 15) is 4.79 Å². The lowest BCUT2D eigenvalue weighted by molar-refractivity contribution is -0.155. The first-order valence-corrected chi connectivity index (χ1v) is 15.5. The Morgan fingerprint density at radius 2 is 1.76 bits per heavy atom. The van der Waals surface area contributed by atoms with Crippen LogP contribution in [-0.4, -0.2) is 35.5 Å². The summed E-state index contributed by atoms with van der Waals surface area (Å²) in [6.07, 6.45) is 3.61. The zero-order chi connectivity index (χ0) is 19.5. The Kier molecular flexibility index (Phi) is 7.13. The summed E-state index contributed by atoms with van der Waals surface area (Å²) in [6.45, 7) is 17.9. The third-order valence-corrected chi connectivity index (χ3v) is 10.6. The maximum Gasteiger partial charge on any atom is 0.384 e. The lowest BCUT2D eigenvalue weighted by Crippen LogP contribution is -2.56. The Bertz CT molecular complexity index is 534. The van der Waals surface area contributed by atoms with Crippen molar-refractivity contribution in [3.05, 3.63) is 0 Å². The number of ether oxygens (including phenoxy) is 1. The lowest BCUT2D eigenvalue weighted by Gasteiger charge is -2.48. The van der Waals surface area contributed by atoms with Crippen molar-refractivity contribution >= 4 is 22.6 Å². The van der Waals surface area contributed by atoms with Gasteiger partial charge in [-0.15, -0.1) is 0 Å². The highest BCUT2D eigenvalue weighted by Crippen LogP contribution is 2.49. The van der Waals surface area contributed by atoms with Gasteiger partial charge in [-0.2, -0.15) is 0 Å². The summed E-state index contributed by atoms with van der Waals surface area (Å²) < 4.78 is 18.2. The summed E-state index contributed by atoms with van der Waals surface area (Å²) in [6, 6.07) is 0. The molecule has 0 aromatic rings. The molecule has 0 unspecified atom stereocenters. The van der Waals surface area contributed by atoms with E-state index in [0.717, 1.165) is 19.3 Å². The molecule has 25 heavy (non-hydrogen) atoms. The first kappa shape index (κ1) is 22.4. The third-order valence-electron chi connectivity index (χ3n) is 5.14. The molecule has 1 aliphatic carbocycles. The number of carbonyl (C=O) groups is 1. The van der Waals surface area contributed by atoms with Gasteiger partial charge >= 0.3 is 5.97 Å². The fourth-order valence-electron chi connectivity index (χ4n) is 2.97. The van der Waals surface area contributed by atoms with Crippen LogP contribution in [0.5, 0.6) is 0 Å². The van der Waals surface area contributed by atoms with Crippen LogP contribution in [0.3, 0.4) is 0 Å². The molecule has 0 aromatic carbocycles. The number of carbonyl (C=O) groups excluding carboxylic acids is 1. The molecule has 0 amide bonds. The minimum atomic E-state index is -1.99. The van der Waals surface area contributed by atoms with E-state index < -0.39 is 28.4 Å². The predicted octanol–water partition coefficient (Wildman–Crippen LogP) is 4.92. The van der Waals surface area contributed by atoms with E-state index in [4.69, 9.17) is 8.85 Å². The second-order valence-corrected chi connectivity index (χ2v) is 18.6. The van der Waals surface area contributed by atoms with Gasteiger partial charge in [-0.1, -0.05) is 26.7 Å². The number of esters is 1. The van der Waals surface area contributed by atoms with Crippen molar-refractivity contribution in [2.24, 2.45) is 5.92 Å². The summed E-state index contributed by atoms with van der Waals surface area (Å²) >= 11 is 0. The summed E-state index contributed by atoms with van der Waals surface area (Å²) in [5.74, 6) is 4.70. The molecule has 1 aliphatic rings. The Morgan fingerprint density at radius 1 is 1.16 bits per heavy atom. The molecule has 1 rings (SSSR count). The lowest BCUT2D eigenvalue weighted by atomic mass is 9.99. The second kappa shape index (κ2) is 7.95. The van der Waals surface area contributed by atoms with Crippen molar-refractivity contribution in [3.8, 4) is 11.8 Å². The highest BCUT2D eigenvalue weighted by atomic mass is 28.4. The van der Waals surface area contributed by atoms with E-state index in [1.165, 1.54) is 7.11 Å². The summed E-state index contributed by atoms with van der Waals surface area (Å²) in [7, 11) is -2.45. The van der Waals surface area contributed by atoms with Gasteiger partial charge in [-0.25, -0.2) is 4.79 Å². The third kappa shape index (κ3) is 6.24. The molecule has 144 valence electrons. The summed E-state index contributed by atoms with van der Waals surface area (Å²) in [5, 5.41) is 0.119. The first-order chi connectivity index (χ1) is 11.2. The van der Waals surface area contributed by atoms with E-state index in [-0.39, 0.29) is 11.0 Å². The van der Waals surface area contributed by atoms with Crippen molar-refractivity contribution in [2.45, 2.75) is 90.0 Å². The molecule has 2 atom stereocenters. The van der Waals surface area contributed by atoms with Gasteiger partial charge < -0.3 is 13.6 Å². The van der Waals surface area contributed by atoms with Crippen LogP contribution in [-0.2, 0) is 18.4 Å². The maximum absolute atomic E-state index is 11.3. The molecular weight excluding hydrogens is 348 g/mol. The van der Waals surface area contributed by atoms with E-state index in [1.54, 1.807) is 0 Å². The zero-order valence-corrected chi connectivity index (χ0v) is 19.5. The molecule has 1 saturated carbocycles. The van der Waals surface area contributed by atoms with E-state index in [1.807, 2.05) is 0 Å². The van der Waals surface area contributed by atoms with E-state index in [2.05, 4.69) is 70.1 Å².